The molecule has 1 aromatic rings. The van der Waals surface area contributed by atoms with Crippen molar-refractivity contribution < 1.29 is 23.9 Å². The molecule has 1 N–H and O–H groups in total. The molecule has 1 aliphatic rings. The first kappa shape index (κ1) is 17.9. The zero-order valence-electron chi connectivity index (χ0n) is 14.7. The highest BCUT2D eigenvalue weighted by Crippen LogP contribution is 2.39. The fourth-order valence-electron chi connectivity index (χ4n) is 2.34. The quantitative estimate of drug-likeness (QED) is 0.846. The third-order valence-electron chi connectivity index (χ3n) is 4.50. The van der Waals surface area contributed by atoms with Gasteiger partial charge in [0.25, 0.3) is 0 Å². The Morgan fingerprint density at radius 2 is 1.65 bits per heavy atom. The number of hydrogen-bond acceptors (Lipinski definition) is 5. The molecule has 0 atom stereocenters. The standard InChI is InChI=1S/C17H25BO5/c1-16(2)17(3,4)23-18(22-16)13(11-19)9-12-7-8-14(20-5)15(10-12)21-6/h7-10,19H,11H2,1-6H3. The molecular formula is C17H25BO5. The Bertz CT molecular complexity index is 579. The van der Waals surface area contributed by atoms with Crippen molar-refractivity contribution in [1.29, 1.82) is 0 Å². The van der Waals surface area contributed by atoms with E-state index in [1.165, 1.54) is 0 Å². The summed E-state index contributed by atoms with van der Waals surface area (Å²) >= 11 is 0. The van der Waals surface area contributed by atoms with Gasteiger partial charge in [-0.25, -0.2) is 0 Å². The lowest BCUT2D eigenvalue weighted by atomic mass is 9.77. The molecule has 0 bridgehead atoms. The minimum Gasteiger partial charge on any atom is -0.493 e. The van der Waals surface area contributed by atoms with Crippen LogP contribution in [0.2, 0.25) is 0 Å². The van der Waals surface area contributed by atoms with E-state index in [0.29, 0.717) is 17.0 Å². The van der Waals surface area contributed by atoms with Crippen LogP contribution in [0.1, 0.15) is 33.3 Å². The fraction of sp³-hybridized carbons (Fsp3) is 0.529. The lowest BCUT2D eigenvalue weighted by Crippen LogP contribution is -2.41. The minimum absolute atomic E-state index is 0.148. The summed E-state index contributed by atoms with van der Waals surface area (Å²) in [5.74, 6) is 1.29. The Morgan fingerprint density at radius 1 is 1.09 bits per heavy atom. The van der Waals surface area contributed by atoms with Crippen LogP contribution in [0.5, 0.6) is 11.5 Å². The first-order valence-electron chi connectivity index (χ1n) is 7.63. The lowest BCUT2D eigenvalue weighted by molar-refractivity contribution is 0.00578. The molecule has 1 heterocycles. The summed E-state index contributed by atoms with van der Waals surface area (Å²) in [5, 5.41) is 9.73. The van der Waals surface area contributed by atoms with E-state index in [1.807, 2.05) is 52.0 Å². The summed E-state index contributed by atoms with van der Waals surface area (Å²) < 4.78 is 22.5. The van der Waals surface area contributed by atoms with Gasteiger partial charge in [-0.05, 0) is 50.9 Å². The molecule has 0 amide bonds. The van der Waals surface area contributed by atoms with Gasteiger partial charge < -0.3 is 23.9 Å². The molecule has 2 rings (SSSR count). The predicted octanol–water partition coefficient (Wildman–Crippen LogP) is 2.71. The minimum atomic E-state index is -0.571. The van der Waals surface area contributed by atoms with Gasteiger partial charge in [-0.2, -0.15) is 0 Å². The van der Waals surface area contributed by atoms with Gasteiger partial charge in [-0.1, -0.05) is 12.1 Å². The van der Waals surface area contributed by atoms with Crippen LogP contribution in [0, 0.1) is 0 Å². The van der Waals surface area contributed by atoms with E-state index in [1.54, 1.807) is 14.2 Å². The first-order valence-corrected chi connectivity index (χ1v) is 7.63. The monoisotopic (exact) mass is 320 g/mol. The second-order valence-corrected chi connectivity index (χ2v) is 6.58. The van der Waals surface area contributed by atoms with Crippen molar-refractivity contribution in [2.75, 3.05) is 20.8 Å². The Balaban J connectivity index is 2.30. The number of aliphatic hydroxyl groups excluding tert-OH is 1. The molecule has 0 aliphatic carbocycles. The van der Waals surface area contributed by atoms with E-state index >= 15 is 0 Å². The Hall–Kier alpha value is -1.50. The molecular weight excluding hydrogens is 295 g/mol. The summed E-state index contributed by atoms with van der Waals surface area (Å²) in [7, 11) is 2.61. The largest absolute Gasteiger partial charge is 0.493 e. The average Bonchev–Trinajstić information content (AvgIpc) is 2.72. The number of hydrogen-bond donors (Lipinski definition) is 1. The van der Waals surface area contributed by atoms with Crippen LogP contribution in [0.4, 0.5) is 0 Å². The van der Waals surface area contributed by atoms with E-state index in [0.717, 1.165) is 5.56 Å². The van der Waals surface area contributed by atoms with Crippen LogP contribution in [0.25, 0.3) is 6.08 Å². The summed E-state index contributed by atoms with van der Waals surface area (Å²) in [4.78, 5) is 0. The van der Waals surface area contributed by atoms with Crippen molar-refractivity contribution >= 4 is 13.2 Å². The lowest BCUT2D eigenvalue weighted by Gasteiger charge is -2.32. The molecule has 1 fully saturated rings. The summed E-state index contributed by atoms with van der Waals surface area (Å²) in [5.41, 5.74) is 0.657. The zero-order chi connectivity index (χ0) is 17.3. The van der Waals surface area contributed by atoms with E-state index in [9.17, 15) is 5.11 Å². The molecule has 0 unspecified atom stereocenters. The first-order chi connectivity index (χ1) is 10.7. The van der Waals surface area contributed by atoms with Gasteiger partial charge in [0.15, 0.2) is 11.5 Å². The van der Waals surface area contributed by atoms with Gasteiger partial charge >= 0.3 is 7.12 Å². The molecule has 0 spiro atoms. The van der Waals surface area contributed by atoms with Crippen molar-refractivity contribution in [2.24, 2.45) is 0 Å². The maximum absolute atomic E-state index is 9.73. The van der Waals surface area contributed by atoms with Gasteiger partial charge in [0.2, 0.25) is 0 Å². The maximum atomic E-state index is 9.73. The van der Waals surface area contributed by atoms with Crippen LogP contribution < -0.4 is 9.47 Å². The van der Waals surface area contributed by atoms with E-state index < -0.39 is 18.3 Å². The van der Waals surface area contributed by atoms with Gasteiger partial charge in [0.1, 0.15) is 0 Å². The predicted molar refractivity (Wildman–Crippen MR) is 90.7 cm³/mol. The summed E-state index contributed by atoms with van der Waals surface area (Å²) in [6, 6.07) is 5.56. The van der Waals surface area contributed by atoms with Crippen LogP contribution >= 0.6 is 0 Å². The average molecular weight is 320 g/mol. The van der Waals surface area contributed by atoms with Crippen molar-refractivity contribution in [1.82, 2.24) is 0 Å². The highest BCUT2D eigenvalue weighted by molar-refractivity contribution is 6.55. The Labute approximate surface area is 138 Å². The van der Waals surface area contributed by atoms with Crippen molar-refractivity contribution in [2.45, 2.75) is 38.9 Å². The molecule has 0 saturated carbocycles. The molecule has 1 aliphatic heterocycles. The second kappa shape index (κ2) is 6.55. The number of aliphatic hydroxyl groups is 1. The molecule has 23 heavy (non-hydrogen) atoms. The van der Waals surface area contributed by atoms with E-state index in [4.69, 9.17) is 18.8 Å². The molecule has 5 nitrogen and oxygen atoms in total. The normalized spacial score (nSPS) is 19.8. The van der Waals surface area contributed by atoms with Gasteiger partial charge in [0, 0.05) is 0 Å². The maximum Gasteiger partial charge on any atom is 0.492 e. The van der Waals surface area contributed by atoms with Crippen molar-refractivity contribution in [3.8, 4) is 11.5 Å². The molecule has 0 aromatic heterocycles. The third-order valence-corrected chi connectivity index (χ3v) is 4.50. The van der Waals surface area contributed by atoms with Crippen molar-refractivity contribution in [3.63, 3.8) is 0 Å². The van der Waals surface area contributed by atoms with Crippen LogP contribution in [0.3, 0.4) is 0 Å². The smallest absolute Gasteiger partial charge is 0.492 e. The fourth-order valence-corrected chi connectivity index (χ4v) is 2.34. The topological polar surface area (TPSA) is 57.2 Å². The summed E-state index contributed by atoms with van der Waals surface area (Å²) in [6.07, 6.45) is 1.85. The molecule has 1 saturated heterocycles. The number of benzene rings is 1. The van der Waals surface area contributed by atoms with Gasteiger partial charge in [-0.15, -0.1) is 0 Å². The van der Waals surface area contributed by atoms with Gasteiger partial charge in [0.05, 0.1) is 32.0 Å². The van der Waals surface area contributed by atoms with E-state index in [2.05, 4.69) is 0 Å². The molecule has 1 aromatic carbocycles. The molecule has 0 radical (unpaired) electrons. The van der Waals surface area contributed by atoms with E-state index in [-0.39, 0.29) is 6.61 Å². The summed E-state index contributed by atoms with van der Waals surface area (Å²) in [6.45, 7) is 7.79. The second-order valence-electron chi connectivity index (χ2n) is 6.58. The van der Waals surface area contributed by atoms with Crippen molar-refractivity contribution in [3.05, 3.63) is 29.2 Å². The highest BCUT2D eigenvalue weighted by atomic mass is 16.7. The SMILES string of the molecule is COc1ccc(C=C(CO)B2OC(C)(C)C(C)(C)O2)cc1OC. The Morgan fingerprint density at radius 3 is 2.13 bits per heavy atom. The zero-order valence-corrected chi connectivity index (χ0v) is 14.7. The number of ether oxygens (including phenoxy) is 2. The number of rotatable bonds is 5. The van der Waals surface area contributed by atoms with Gasteiger partial charge in [-0.3, -0.25) is 0 Å². The highest BCUT2D eigenvalue weighted by Gasteiger charge is 2.52. The van der Waals surface area contributed by atoms with Crippen LogP contribution in [-0.4, -0.2) is 44.3 Å². The van der Waals surface area contributed by atoms with Crippen LogP contribution in [-0.2, 0) is 9.31 Å². The third kappa shape index (κ3) is 3.55. The Kier molecular flexibility index (Phi) is 5.09. The molecule has 126 valence electrons. The number of methoxy groups -OCH3 is 2. The van der Waals surface area contributed by atoms with Crippen LogP contribution in [0.15, 0.2) is 23.7 Å². The molecule has 6 heteroatoms.